The number of nitrogens with one attached hydrogen (secondary N) is 3. The Morgan fingerprint density at radius 2 is 1.61 bits per heavy atom. The number of carbonyl (C=O) groups is 5. The first-order valence-electron chi connectivity index (χ1n) is 12.1. The molecule has 1 atom stereocenters. The Bertz CT molecular complexity index is 1170. The molecule has 12 heteroatoms. The topological polar surface area (TPSA) is 149 Å². The van der Waals surface area contributed by atoms with E-state index in [1.807, 2.05) is 6.92 Å². The molecule has 1 heterocycles. The molecule has 0 saturated heterocycles. The van der Waals surface area contributed by atoms with Crippen LogP contribution in [0.4, 0.5) is 5.00 Å². The summed E-state index contributed by atoms with van der Waals surface area (Å²) in [7, 11) is 1.45. The standard InChI is InChI=1S/C26H33N3O8S/c1-7-35-17-11-9-16(10-12-17)22(31)29-20(14(3)4)26(34)37-13-18(30)28-24-19(25(33)36-8-2)15(5)21(38-24)23(32)27-6/h9-12,14,20H,7-8,13H2,1-6H3,(H,27,32)(H,28,30)(H,29,31)/t20-/m1/s1. The van der Waals surface area contributed by atoms with E-state index in [4.69, 9.17) is 14.2 Å². The van der Waals surface area contributed by atoms with E-state index in [-0.39, 0.29) is 28.0 Å². The van der Waals surface area contributed by atoms with Crippen LogP contribution in [0.25, 0.3) is 0 Å². The Balaban J connectivity index is 2.08. The zero-order valence-corrected chi connectivity index (χ0v) is 23.1. The van der Waals surface area contributed by atoms with E-state index in [0.29, 0.717) is 23.5 Å². The summed E-state index contributed by atoms with van der Waals surface area (Å²) >= 11 is 0.906. The van der Waals surface area contributed by atoms with Crippen molar-refractivity contribution in [3.05, 3.63) is 45.8 Å². The lowest BCUT2D eigenvalue weighted by Crippen LogP contribution is -2.45. The molecule has 2 aromatic rings. The Labute approximate surface area is 225 Å². The average molecular weight is 548 g/mol. The highest BCUT2D eigenvalue weighted by Gasteiger charge is 2.29. The number of rotatable bonds is 12. The van der Waals surface area contributed by atoms with Crippen molar-refractivity contribution in [1.82, 2.24) is 10.6 Å². The number of amides is 3. The van der Waals surface area contributed by atoms with Gasteiger partial charge in [0.25, 0.3) is 17.7 Å². The van der Waals surface area contributed by atoms with Gasteiger partial charge in [-0.05, 0) is 56.5 Å². The molecule has 11 nitrogen and oxygen atoms in total. The van der Waals surface area contributed by atoms with Crippen LogP contribution in [0.2, 0.25) is 0 Å². The number of hydrogen-bond donors (Lipinski definition) is 3. The maximum atomic E-state index is 12.7. The van der Waals surface area contributed by atoms with E-state index in [1.54, 1.807) is 52.0 Å². The highest BCUT2D eigenvalue weighted by atomic mass is 32.1. The highest BCUT2D eigenvalue weighted by molar-refractivity contribution is 7.18. The molecule has 38 heavy (non-hydrogen) atoms. The molecular weight excluding hydrogens is 514 g/mol. The lowest BCUT2D eigenvalue weighted by molar-refractivity contribution is -0.150. The SMILES string of the molecule is CCOC(=O)c1c(NC(=O)COC(=O)[C@H](NC(=O)c2ccc(OCC)cc2)C(C)C)sc(C(=O)NC)c1C. The lowest BCUT2D eigenvalue weighted by Gasteiger charge is -2.21. The van der Waals surface area contributed by atoms with Gasteiger partial charge in [-0.2, -0.15) is 0 Å². The van der Waals surface area contributed by atoms with Crippen molar-refractivity contribution in [2.75, 3.05) is 32.2 Å². The highest BCUT2D eigenvalue weighted by Crippen LogP contribution is 2.33. The normalized spacial score (nSPS) is 11.3. The third-order valence-electron chi connectivity index (χ3n) is 5.29. The van der Waals surface area contributed by atoms with Crippen molar-refractivity contribution in [3.63, 3.8) is 0 Å². The fraction of sp³-hybridized carbons (Fsp3) is 0.423. The summed E-state index contributed by atoms with van der Waals surface area (Å²) in [5.74, 6) is -2.84. The molecule has 0 aliphatic rings. The van der Waals surface area contributed by atoms with E-state index in [1.165, 1.54) is 7.05 Å². The van der Waals surface area contributed by atoms with Gasteiger partial charge in [-0.3, -0.25) is 14.4 Å². The molecule has 0 unspecified atom stereocenters. The Kier molecular flexibility index (Phi) is 11.3. The number of hydrogen-bond acceptors (Lipinski definition) is 9. The van der Waals surface area contributed by atoms with Crippen molar-refractivity contribution in [2.45, 2.75) is 40.7 Å². The number of ether oxygens (including phenoxy) is 3. The van der Waals surface area contributed by atoms with Crippen molar-refractivity contribution in [1.29, 1.82) is 0 Å². The van der Waals surface area contributed by atoms with Crippen LogP contribution in [0.15, 0.2) is 24.3 Å². The predicted octanol–water partition coefficient (Wildman–Crippen LogP) is 2.93. The third-order valence-corrected chi connectivity index (χ3v) is 6.50. The number of anilines is 1. The first kappa shape index (κ1) is 30.3. The van der Waals surface area contributed by atoms with E-state index < -0.39 is 42.3 Å². The largest absolute Gasteiger partial charge is 0.494 e. The molecule has 206 valence electrons. The zero-order chi connectivity index (χ0) is 28.4. The van der Waals surface area contributed by atoms with Crippen LogP contribution in [-0.2, 0) is 19.1 Å². The van der Waals surface area contributed by atoms with Gasteiger partial charge in [0.15, 0.2) is 6.61 Å². The summed E-state index contributed by atoms with van der Waals surface area (Å²) in [6, 6.07) is 5.44. The second-order valence-corrected chi connectivity index (χ2v) is 9.39. The van der Waals surface area contributed by atoms with E-state index in [0.717, 1.165) is 11.3 Å². The quantitative estimate of drug-likeness (QED) is 0.344. The maximum Gasteiger partial charge on any atom is 0.341 e. The van der Waals surface area contributed by atoms with Gasteiger partial charge in [-0.15, -0.1) is 11.3 Å². The summed E-state index contributed by atoms with van der Waals surface area (Å²) in [4.78, 5) is 62.9. The summed E-state index contributed by atoms with van der Waals surface area (Å²) in [5.41, 5.74) is 0.742. The van der Waals surface area contributed by atoms with Crippen LogP contribution in [0, 0.1) is 12.8 Å². The van der Waals surface area contributed by atoms with Crippen LogP contribution in [-0.4, -0.2) is 62.6 Å². The summed E-state index contributed by atoms with van der Waals surface area (Å²) in [5, 5.41) is 7.74. The fourth-order valence-corrected chi connectivity index (χ4v) is 4.52. The van der Waals surface area contributed by atoms with Crippen LogP contribution < -0.4 is 20.7 Å². The molecule has 3 N–H and O–H groups in total. The molecule has 3 amide bonds. The molecule has 0 aliphatic heterocycles. The van der Waals surface area contributed by atoms with E-state index in [9.17, 15) is 24.0 Å². The smallest absolute Gasteiger partial charge is 0.341 e. The molecule has 0 radical (unpaired) electrons. The molecule has 0 spiro atoms. The number of esters is 2. The second kappa shape index (κ2) is 14.1. The van der Waals surface area contributed by atoms with Crippen molar-refractivity contribution in [2.24, 2.45) is 5.92 Å². The summed E-state index contributed by atoms with van der Waals surface area (Å²) in [6.45, 7) is 8.44. The van der Waals surface area contributed by atoms with Crippen LogP contribution >= 0.6 is 11.3 Å². The van der Waals surface area contributed by atoms with Gasteiger partial charge in [0.05, 0.1) is 23.7 Å². The van der Waals surface area contributed by atoms with Crippen molar-refractivity contribution >= 4 is 46.0 Å². The maximum absolute atomic E-state index is 12.7. The van der Waals surface area contributed by atoms with Gasteiger partial charge in [0.1, 0.15) is 16.8 Å². The van der Waals surface area contributed by atoms with Gasteiger partial charge in [-0.1, -0.05) is 13.8 Å². The van der Waals surface area contributed by atoms with E-state index >= 15 is 0 Å². The monoisotopic (exact) mass is 547 g/mol. The molecule has 0 fully saturated rings. The Morgan fingerprint density at radius 1 is 0.947 bits per heavy atom. The predicted molar refractivity (Wildman–Crippen MR) is 142 cm³/mol. The van der Waals surface area contributed by atoms with Gasteiger partial charge in [0, 0.05) is 12.6 Å². The first-order chi connectivity index (χ1) is 18.0. The minimum absolute atomic E-state index is 0.0535. The number of carbonyl (C=O) groups excluding carboxylic acids is 5. The molecule has 0 saturated carbocycles. The Hall–Kier alpha value is -3.93. The molecule has 0 aliphatic carbocycles. The third kappa shape index (κ3) is 7.78. The molecular formula is C26H33N3O8S. The number of benzene rings is 1. The van der Waals surface area contributed by atoms with Gasteiger partial charge in [0.2, 0.25) is 0 Å². The molecule has 1 aromatic heterocycles. The number of thiophene rings is 1. The van der Waals surface area contributed by atoms with Gasteiger partial charge >= 0.3 is 11.9 Å². The van der Waals surface area contributed by atoms with Crippen molar-refractivity contribution in [3.8, 4) is 5.75 Å². The minimum Gasteiger partial charge on any atom is -0.494 e. The Morgan fingerprint density at radius 3 is 2.16 bits per heavy atom. The average Bonchev–Trinajstić information content (AvgIpc) is 3.21. The fourth-order valence-electron chi connectivity index (χ4n) is 3.36. The van der Waals surface area contributed by atoms with Crippen LogP contribution in [0.5, 0.6) is 5.75 Å². The molecule has 2 rings (SSSR count). The first-order valence-corrected chi connectivity index (χ1v) is 12.9. The van der Waals surface area contributed by atoms with Crippen LogP contribution in [0.3, 0.4) is 0 Å². The summed E-state index contributed by atoms with van der Waals surface area (Å²) in [6.07, 6.45) is 0. The van der Waals surface area contributed by atoms with Crippen molar-refractivity contribution < 1.29 is 38.2 Å². The van der Waals surface area contributed by atoms with Gasteiger partial charge in [-0.25, -0.2) is 9.59 Å². The molecule has 0 bridgehead atoms. The summed E-state index contributed by atoms with van der Waals surface area (Å²) < 4.78 is 15.6. The van der Waals surface area contributed by atoms with Crippen LogP contribution in [0.1, 0.15) is 63.6 Å². The second-order valence-electron chi connectivity index (χ2n) is 8.37. The lowest BCUT2D eigenvalue weighted by atomic mass is 10.0. The van der Waals surface area contributed by atoms with E-state index in [2.05, 4.69) is 16.0 Å². The van der Waals surface area contributed by atoms with Gasteiger partial charge < -0.3 is 30.2 Å². The molecule has 1 aromatic carbocycles. The minimum atomic E-state index is -1.01. The zero-order valence-electron chi connectivity index (χ0n) is 22.3.